The molecule has 0 fully saturated rings. The molecule has 0 saturated heterocycles. The Morgan fingerprint density at radius 3 is 2.31 bits per heavy atom. The molecule has 0 bridgehead atoms. The van der Waals surface area contributed by atoms with Crippen LogP contribution in [0.25, 0.3) is 0 Å². The molecule has 1 aliphatic rings. The van der Waals surface area contributed by atoms with Gasteiger partial charge in [0.1, 0.15) is 17.9 Å². The van der Waals surface area contributed by atoms with Crippen LogP contribution in [0.5, 0.6) is 5.75 Å². The summed E-state index contributed by atoms with van der Waals surface area (Å²) < 4.78 is 34.9. The van der Waals surface area contributed by atoms with Crippen molar-refractivity contribution in [1.29, 1.82) is 0 Å². The minimum Gasteiger partial charge on any atom is -0.487 e. The Hall–Kier alpha value is -3.32. The van der Waals surface area contributed by atoms with Gasteiger partial charge < -0.3 is 10.1 Å². The third kappa shape index (κ3) is 5.12. The lowest BCUT2D eigenvalue weighted by Gasteiger charge is -2.41. The monoisotopic (exact) mass is 506 g/mol. The molecule has 1 unspecified atom stereocenters. The number of hydrogen-bond acceptors (Lipinski definition) is 4. The first-order valence-corrected chi connectivity index (χ1v) is 13.9. The first-order valence-electron chi connectivity index (χ1n) is 12.4. The summed E-state index contributed by atoms with van der Waals surface area (Å²) in [5, 5.41) is 3.12. The second kappa shape index (κ2) is 10.3. The van der Waals surface area contributed by atoms with Crippen molar-refractivity contribution < 1.29 is 17.9 Å². The van der Waals surface area contributed by atoms with Gasteiger partial charge in [0, 0.05) is 12.0 Å². The summed E-state index contributed by atoms with van der Waals surface area (Å²) in [5.41, 5.74) is 2.99. The summed E-state index contributed by atoms with van der Waals surface area (Å²) in [6.45, 7) is 7.75. The van der Waals surface area contributed by atoms with Gasteiger partial charge in [0.2, 0.25) is 5.91 Å². The number of benzene rings is 3. The van der Waals surface area contributed by atoms with Crippen molar-refractivity contribution in [3.63, 3.8) is 0 Å². The standard InChI is InChI=1S/C29H34N2O4S/c1-5-29(6-2)19-26(25-14-10-11-15-27(25)35-29)30-28(32)20-31(23-17-16-21(3)22(4)18-23)36(33,34)24-12-8-7-9-13-24/h7-18,26H,5-6,19-20H2,1-4H3,(H,30,32). The first kappa shape index (κ1) is 25.8. The fraction of sp³-hybridized carbons (Fsp3) is 0.345. The number of hydrogen-bond donors (Lipinski definition) is 1. The number of aryl methyl sites for hydroxylation is 2. The minimum absolute atomic E-state index is 0.142. The van der Waals surface area contributed by atoms with Gasteiger partial charge in [-0.15, -0.1) is 0 Å². The van der Waals surface area contributed by atoms with Crippen LogP contribution in [0, 0.1) is 13.8 Å². The van der Waals surface area contributed by atoms with Gasteiger partial charge in [0.05, 0.1) is 16.6 Å². The molecule has 1 N–H and O–H groups in total. The number of nitrogens with zero attached hydrogens (tertiary/aromatic N) is 1. The van der Waals surface area contributed by atoms with Crippen LogP contribution < -0.4 is 14.4 Å². The number of rotatable bonds is 8. The molecule has 36 heavy (non-hydrogen) atoms. The molecule has 7 heteroatoms. The number of fused-ring (bicyclic) bond motifs is 1. The van der Waals surface area contributed by atoms with Gasteiger partial charge in [0.25, 0.3) is 10.0 Å². The molecule has 190 valence electrons. The molecule has 4 rings (SSSR count). The van der Waals surface area contributed by atoms with Crippen LogP contribution in [0.15, 0.2) is 77.7 Å². The Morgan fingerprint density at radius 1 is 0.972 bits per heavy atom. The number of nitrogens with one attached hydrogen (secondary N) is 1. The highest BCUT2D eigenvalue weighted by molar-refractivity contribution is 7.92. The number of ether oxygens (including phenoxy) is 1. The van der Waals surface area contributed by atoms with E-state index in [9.17, 15) is 13.2 Å². The first-order chi connectivity index (χ1) is 17.2. The third-order valence-electron chi connectivity index (χ3n) is 7.22. The summed E-state index contributed by atoms with van der Waals surface area (Å²) in [5.74, 6) is 0.399. The van der Waals surface area contributed by atoms with Crippen LogP contribution in [-0.2, 0) is 14.8 Å². The zero-order valence-corrected chi connectivity index (χ0v) is 22.1. The zero-order chi connectivity index (χ0) is 25.9. The highest BCUT2D eigenvalue weighted by atomic mass is 32.2. The smallest absolute Gasteiger partial charge is 0.264 e. The number of amides is 1. The number of carbonyl (C=O) groups excluding carboxylic acids is 1. The lowest BCUT2D eigenvalue weighted by Crippen LogP contribution is -2.47. The molecule has 0 radical (unpaired) electrons. The van der Waals surface area contributed by atoms with E-state index in [1.165, 1.54) is 4.31 Å². The second-order valence-corrected chi connectivity index (χ2v) is 11.3. The topological polar surface area (TPSA) is 75.7 Å². The van der Waals surface area contributed by atoms with E-state index in [4.69, 9.17) is 4.74 Å². The Balaban J connectivity index is 1.66. The molecular weight excluding hydrogens is 472 g/mol. The normalized spacial score (nSPS) is 16.5. The van der Waals surface area contributed by atoms with E-state index in [2.05, 4.69) is 19.2 Å². The molecule has 0 spiro atoms. The van der Waals surface area contributed by atoms with Crippen molar-refractivity contribution in [3.8, 4) is 5.75 Å². The van der Waals surface area contributed by atoms with E-state index >= 15 is 0 Å². The molecule has 1 heterocycles. The summed E-state index contributed by atoms with van der Waals surface area (Å²) >= 11 is 0. The summed E-state index contributed by atoms with van der Waals surface area (Å²) in [4.78, 5) is 13.6. The van der Waals surface area contributed by atoms with Gasteiger partial charge in [-0.1, -0.05) is 56.3 Å². The molecule has 6 nitrogen and oxygen atoms in total. The van der Waals surface area contributed by atoms with Crippen LogP contribution >= 0.6 is 0 Å². The number of sulfonamides is 1. The molecule has 3 aromatic rings. The van der Waals surface area contributed by atoms with Crippen LogP contribution in [-0.4, -0.2) is 26.5 Å². The largest absolute Gasteiger partial charge is 0.487 e. The zero-order valence-electron chi connectivity index (χ0n) is 21.3. The lowest BCUT2D eigenvalue weighted by atomic mass is 9.83. The van der Waals surface area contributed by atoms with E-state index < -0.39 is 10.0 Å². The van der Waals surface area contributed by atoms with Gasteiger partial charge in [-0.3, -0.25) is 9.10 Å². The number of anilines is 1. The van der Waals surface area contributed by atoms with Crippen LogP contribution in [0.1, 0.15) is 55.8 Å². The molecular formula is C29H34N2O4S. The molecule has 1 atom stereocenters. The van der Waals surface area contributed by atoms with Gasteiger partial charge in [-0.25, -0.2) is 8.42 Å². The molecule has 0 saturated carbocycles. The van der Waals surface area contributed by atoms with Crippen molar-refractivity contribution in [2.45, 2.75) is 63.5 Å². The van der Waals surface area contributed by atoms with E-state index in [1.54, 1.807) is 36.4 Å². The average Bonchev–Trinajstić information content (AvgIpc) is 2.89. The summed E-state index contributed by atoms with van der Waals surface area (Å²) in [7, 11) is -3.96. The average molecular weight is 507 g/mol. The predicted molar refractivity (Wildman–Crippen MR) is 143 cm³/mol. The minimum atomic E-state index is -3.96. The van der Waals surface area contributed by atoms with Gasteiger partial charge >= 0.3 is 0 Å². The highest BCUT2D eigenvalue weighted by Crippen LogP contribution is 2.42. The van der Waals surface area contributed by atoms with Crippen molar-refractivity contribution >= 4 is 21.6 Å². The third-order valence-corrected chi connectivity index (χ3v) is 9.01. The number of para-hydroxylation sites is 1. The fourth-order valence-corrected chi connectivity index (χ4v) is 6.15. The predicted octanol–water partition coefficient (Wildman–Crippen LogP) is 5.70. The maximum Gasteiger partial charge on any atom is 0.264 e. The van der Waals surface area contributed by atoms with Crippen molar-refractivity contribution in [2.24, 2.45) is 0 Å². The molecule has 1 aliphatic heterocycles. The SMILES string of the molecule is CCC1(CC)CC(NC(=O)CN(c2ccc(C)c(C)c2)S(=O)(=O)c2ccccc2)c2ccccc2O1. The van der Waals surface area contributed by atoms with Crippen molar-refractivity contribution in [1.82, 2.24) is 5.32 Å². The van der Waals surface area contributed by atoms with E-state index in [0.29, 0.717) is 12.1 Å². The second-order valence-electron chi connectivity index (χ2n) is 9.45. The number of carbonyl (C=O) groups is 1. The summed E-state index contributed by atoms with van der Waals surface area (Å²) in [6, 6.07) is 21.1. The van der Waals surface area contributed by atoms with Gasteiger partial charge in [-0.05, 0) is 68.1 Å². The van der Waals surface area contributed by atoms with E-state index in [0.717, 1.165) is 35.3 Å². The van der Waals surface area contributed by atoms with E-state index in [1.807, 2.05) is 50.2 Å². The van der Waals surface area contributed by atoms with Crippen molar-refractivity contribution in [3.05, 3.63) is 89.5 Å². The molecule has 3 aromatic carbocycles. The highest BCUT2D eigenvalue weighted by Gasteiger charge is 2.39. The lowest BCUT2D eigenvalue weighted by molar-refractivity contribution is -0.121. The Kier molecular flexibility index (Phi) is 7.41. The Bertz CT molecular complexity index is 1330. The maximum absolute atomic E-state index is 13.7. The van der Waals surface area contributed by atoms with Gasteiger partial charge in [0.15, 0.2) is 0 Å². The van der Waals surface area contributed by atoms with Crippen LogP contribution in [0.4, 0.5) is 5.69 Å². The quantitative estimate of drug-likeness (QED) is 0.425. The molecule has 0 aliphatic carbocycles. The molecule has 1 amide bonds. The molecule has 0 aromatic heterocycles. The maximum atomic E-state index is 13.7. The van der Waals surface area contributed by atoms with Crippen LogP contribution in [0.3, 0.4) is 0 Å². The van der Waals surface area contributed by atoms with E-state index in [-0.39, 0.29) is 29.0 Å². The Morgan fingerprint density at radius 2 is 1.64 bits per heavy atom. The van der Waals surface area contributed by atoms with Crippen LogP contribution in [0.2, 0.25) is 0 Å². The fourth-order valence-electron chi connectivity index (χ4n) is 4.72. The Labute approximate surface area is 214 Å². The van der Waals surface area contributed by atoms with Gasteiger partial charge in [-0.2, -0.15) is 0 Å². The van der Waals surface area contributed by atoms with Crippen molar-refractivity contribution in [2.75, 3.05) is 10.8 Å². The summed E-state index contributed by atoms with van der Waals surface area (Å²) in [6.07, 6.45) is 2.24.